The maximum atomic E-state index is 12.8. The number of carbonyl (C=O) groups is 2. The number of ether oxygens (including phenoxy) is 3. The number of amides is 2. The summed E-state index contributed by atoms with van der Waals surface area (Å²) in [5, 5.41) is 16.5. The van der Waals surface area contributed by atoms with E-state index in [4.69, 9.17) is 21.1 Å². The molecular weight excluding hydrogens is 481 g/mol. The lowest BCUT2D eigenvalue weighted by atomic mass is 9.83. The van der Waals surface area contributed by atoms with Gasteiger partial charge in [0.1, 0.15) is 5.75 Å². The van der Waals surface area contributed by atoms with Gasteiger partial charge in [0.15, 0.2) is 6.10 Å². The molecule has 8 nitrogen and oxygen atoms in total. The molecule has 0 spiro atoms. The van der Waals surface area contributed by atoms with Gasteiger partial charge in [0.05, 0.1) is 36.4 Å². The first-order chi connectivity index (χ1) is 16.1. The number of carbonyl (C=O) groups excluding carboxylic acids is 2. The van der Waals surface area contributed by atoms with Gasteiger partial charge in [0, 0.05) is 23.0 Å². The number of aliphatic hydroxyl groups excluding tert-OH is 1. The fraction of sp³-hybridized carbons (Fsp3) is 0.636. The summed E-state index contributed by atoms with van der Waals surface area (Å²) in [7, 11) is 0. The van der Waals surface area contributed by atoms with Crippen LogP contribution in [0, 0.1) is 5.92 Å². The van der Waals surface area contributed by atoms with Crippen LogP contribution in [0.3, 0.4) is 0 Å². The van der Waals surface area contributed by atoms with Crippen molar-refractivity contribution in [3.05, 3.63) is 28.8 Å². The molecule has 1 saturated carbocycles. The van der Waals surface area contributed by atoms with E-state index in [1.807, 2.05) is 0 Å². The zero-order valence-electron chi connectivity index (χ0n) is 17.9. The van der Waals surface area contributed by atoms with Crippen LogP contribution in [-0.2, 0) is 19.1 Å². The highest BCUT2D eigenvalue weighted by atomic mass is 35.5. The first-order valence-electron chi connectivity index (χ1n) is 11.2. The van der Waals surface area contributed by atoms with Crippen molar-refractivity contribution in [3.8, 4) is 5.75 Å². The van der Waals surface area contributed by atoms with Crippen molar-refractivity contribution in [2.75, 3.05) is 0 Å². The summed E-state index contributed by atoms with van der Waals surface area (Å²) in [5.74, 6) is -0.623. The standard InChI is InChI=1S/C22H24ClF3N2O6/c23-9-1-2-16-12(3-9)15(29)8-19(32-16)21(31)28-14-7-17-13(6-18(14)33-17)20(30)27-10-4-11(5-10)34-22(24,25)26/h1-3,10-11,13-15,17-19,29H,4-8H2,(H,27,30)(H,28,31)/t10-,11+,13-,14-,15+,17+,18+,19+/m0/s1. The van der Waals surface area contributed by atoms with Crippen molar-refractivity contribution >= 4 is 23.4 Å². The highest BCUT2D eigenvalue weighted by Gasteiger charge is 2.51. The number of halogens is 4. The molecule has 3 fully saturated rings. The second kappa shape index (κ2) is 8.85. The van der Waals surface area contributed by atoms with Crippen molar-refractivity contribution < 1.29 is 42.1 Å². The van der Waals surface area contributed by atoms with Gasteiger partial charge < -0.3 is 25.2 Å². The Morgan fingerprint density at radius 2 is 1.82 bits per heavy atom. The predicted molar refractivity (Wildman–Crippen MR) is 111 cm³/mol. The van der Waals surface area contributed by atoms with E-state index >= 15 is 0 Å². The quantitative estimate of drug-likeness (QED) is 0.568. The number of alkyl halides is 3. The van der Waals surface area contributed by atoms with Gasteiger partial charge in [-0.25, -0.2) is 0 Å². The molecule has 2 amide bonds. The highest BCUT2D eigenvalue weighted by molar-refractivity contribution is 6.30. The first-order valence-corrected chi connectivity index (χ1v) is 11.6. The number of aliphatic hydroxyl groups is 1. The van der Waals surface area contributed by atoms with Crippen LogP contribution >= 0.6 is 11.6 Å². The molecule has 186 valence electrons. The molecule has 12 heteroatoms. The molecule has 0 aromatic heterocycles. The first kappa shape index (κ1) is 23.7. The molecule has 1 aromatic rings. The average Bonchev–Trinajstić information content (AvgIpc) is 3.32. The zero-order valence-corrected chi connectivity index (χ0v) is 18.6. The summed E-state index contributed by atoms with van der Waals surface area (Å²) in [5.41, 5.74) is 0.538. The molecule has 3 heterocycles. The lowest BCUT2D eigenvalue weighted by molar-refractivity contribution is -0.351. The monoisotopic (exact) mass is 504 g/mol. The van der Waals surface area contributed by atoms with Gasteiger partial charge in [0.2, 0.25) is 5.91 Å². The lowest BCUT2D eigenvalue weighted by Crippen LogP contribution is -2.53. The maximum absolute atomic E-state index is 12.8. The molecule has 6 atom stereocenters. The second-order valence-electron chi connectivity index (χ2n) is 9.31. The number of rotatable bonds is 5. The van der Waals surface area contributed by atoms with Crippen LogP contribution < -0.4 is 15.4 Å². The van der Waals surface area contributed by atoms with Crippen LogP contribution in [0.5, 0.6) is 5.75 Å². The zero-order chi connectivity index (χ0) is 24.2. The third-order valence-corrected chi connectivity index (χ3v) is 7.19. The Hall–Kier alpha value is -2.08. The van der Waals surface area contributed by atoms with Crippen LogP contribution in [0.2, 0.25) is 5.02 Å². The summed E-state index contributed by atoms with van der Waals surface area (Å²) in [4.78, 5) is 25.4. The fourth-order valence-electron chi connectivity index (χ4n) is 5.22. The van der Waals surface area contributed by atoms with Crippen molar-refractivity contribution in [1.82, 2.24) is 10.6 Å². The largest absolute Gasteiger partial charge is 0.522 e. The van der Waals surface area contributed by atoms with Gasteiger partial charge in [0.25, 0.3) is 5.91 Å². The topological polar surface area (TPSA) is 106 Å². The third-order valence-electron chi connectivity index (χ3n) is 6.96. The molecule has 2 bridgehead atoms. The van der Waals surface area contributed by atoms with Crippen LogP contribution in [0.1, 0.15) is 43.8 Å². The Morgan fingerprint density at radius 1 is 1.06 bits per heavy atom. The number of benzene rings is 1. The fourth-order valence-corrected chi connectivity index (χ4v) is 5.40. The molecule has 2 saturated heterocycles. The van der Waals surface area contributed by atoms with Gasteiger partial charge in [-0.05, 0) is 43.9 Å². The Balaban J connectivity index is 1.09. The molecule has 0 unspecified atom stereocenters. The molecule has 5 rings (SSSR count). The Morgan fingerprint density at radius 3 is 2.50 bits per heavy atom. The molecule has 1 aliphatic carbocycles. The Kier molecular flexibility index (Phi) is 6.16. The van der Waals surface area contributed by atoms with E-state index in [2.05, 4.69) is 15.4 Å². The molecule has 34 heavy (non-hydrogen) atoms. The molecule has 1 aromatic carbocycles. The number of fused-ring (bicyclic) bond motifs is 3. The van der Waals surface area contributed by atoms with Gasteiger partial charge in [-0.15, -0.1) is 13.2 Å². The lowest BCUT2D eigenvalue weighted by Gasteiger charge is -2.37. The number of hydrogen-bond acceptors (Lipinski definition) is 6. The minimum absolute atomic E-state index is 0.0896. The van der Waals surface area contributed by atoms with Gasteiger partial charge in [-0.3, -0.25) is 14.3 Å². The summed E-state index contributed by atoms with van der Waals surface area (Å²) < 4.78 is 52.2. The van der Waals surface area contributed by atoms with Crippen LogP contribution in [0.25, 0.3) is 0 Å². The van der Waals surface area contributed by atoms with E-state index in [1.165, 1.54) is 0 Å². The van der Waals surface area contributed by atoms with Gasteiger partial charge in [-0.2, -0.15) is 0 Å². The SMILES string of the molecule is O=C(N[C@H]1C[C@@H](OC(F)(F)F)C1)[C@H]1C[C@H]2O[C@@H]1C[C@@H]2NC(=O)[C@H]1C[C@@H](O)c2cc(Cl)ccc2O1. The van der Waals surface area contributed by atoms with Crippen LogP contribution in [-0.4, -0.2) is 59.8 Å². The van der Waals surface area contributed by atoms with E-state index in [0.717, 1.165) is 0 Å². The summed E-state index contributed by atoms with van der Waals surface area (Å²) in [6.45, 7) is 0. The normalized spacial score (nSPS) is 36.3. The van der Waals surface area contributed by atoms with Crippen molar-refractivity contribution in [1.29, 1.82) is 0 Å². The second-order valence-corrected chi connectivity index (χ2v) is 9.75. The summed E-state index contributed by atoms with van der Waals surface area (Å²) >= 11 is 5.96. The predicted octanol–water partition coefficient (Wildman–Crippen LogP) is 2.37. The Labute approximate surface area is 198 Å². The van der Waals surface area contributed by atoms with Crippen LogP contribution in [0.4, 0.5) is 13.2 Å². The van der Waals surface area contributed by atoms with Crippen LogP contribution in [0.15, 0.2) is 18.2 Å². The molecular formula is C22H24ClF3N2O6. The smallest absolute Gasteiger partial charge is 0.480 e. The number of nitrogens with one attached hydrogen (secondary N) is 2. The molecule has 3 aliphatic heterocycles. The van der Waals surface area contributed by atoms with Crippen molar-refractivity contribution in [2.24, 2.45) is 5.92 Å². The van der Waals surface area contributed by atoms with Crippen molar-refractivity contribution in [3.63, 3.8) is 0 Å². The van der Waals surface area contributed by atoms with E-state index in [1.54, 1.807) is 18.2 Å². The van der Waals surface area contributed by atoms with Gasteiger partial charge in [-0.1, -0.05) is 11.6 Å². The van der Waals surface area contributed by atoms with Crippen molar-refractivity contribution in [2.45, 2.75) is 81.1 Å². The molecule has 4 aliphatic rings. The minimum atomic E-state index is -4.67. The summed E-state index contributed by atoms with van der Waals surface area (Å²) in [6, 6.07) is 4.21. The van der Waals surface area contributed by atoms with E-state index in [-0.39, 0.29) is 55.4 Å². The van der Waals surface area contributed by atoms with Gasteiger partial charge >= 0.3 is 6.36 Å². The van der Waals surface area contributed by atoms with E-state index in [9.17, 15) is 27.9 Å². The minimum Gasteiger partial charge on any atom is -0.480 e. The maximum Gasteiger partial charge on any atom is 0.522 e. The summed E-state index contributed by atoms with van der Waals surface area (Å²) in [6.07, 6.45) is -6.88. The molecule has 0 radical (unpaired) electrons. The number of hydrogen-bond donors (Lipinski definition) is 3. The highest BCUT2D eigenvalue weighted by Crippen LogP contribution is 2.41. The van der Waals surface area contributed by atoms with E-state index < -0.39 is 30.6 Å². The third kappa shape index (κ3) is 4.84. The molecule has 3 N–H and O–H groups in total. The average molecular weight is 505 g/mol. The Bertz CT molecular complexity index is 972. The van der Waals surface area contributed by atoms with E-state index in [0.29, 0.717) is 29.2 Å².